The zero-order valence-electron chi connectivity index (χ0n) is 3.62. The van der Waals surface area contributed by atoms with Crippen molar-refractivity contribution in [1.82, 2.24) is 0 Å². The molecule has 2 N–H and O–H groups in total. The standard InChI is InChI=1S/C2H2O4.O.Zr/c3-1(4)2(5)6;;/h(H,3,4)(H,5,6);;. The number of carbonyl (C=O) groups is 2. The van der Waals surface area contributed by atoms with E-state index in [0.29, 0.717) is 24.7 Å². The molecule has 0 fully saturated rings. The molecule has 8 heavy (non-hydrogen) atoms. The first kappa shape index (κ1) is 10.6. The molecule has 5 nitrogen and oxygen atoms in total. The Morgan fingerprint density at radius 3 is 1.12 bits per heavy atom. The van der Waals surface area contributed by atoms with Gasteiger partial charge in [0.15, 0.2) is 0 Å². The molecule has 0 heterocycles. The van der Waals surface area contributed by atoms with Gasteiger partial charge < -0.3 is 10.2 Å². The van der Waals surface area contributed by atoms with E-state index in [-0.39, 0.29) is 0 Å². The van der Waals surface area contributed by atoms with Crippen molar-refractivity contribution in [3.8, 4) is 0 Å². The van der Waals surface area contributed by atoms with Crippen LogP contribution >= 0.6 is 0 Å². The van der Waals surface area contributed by atoms with Gasteiger partial charge in [-0.3, -0.25) is 0 Å². The van der Waals surface area contributed by atoms with E-state index < -0.39 is 11.9 Å². The van der Waals surface area contributed by atoms with E-state index >= 15 is 0 Å². The zero-order valence-corrected chi connectivity index (χ0v) is 6.08. The van der Waals surface area contributed by atoms with Gasteiger partial charge >= 0.3 is 39.5 Å². The summed E-state index contributed by atoms with van der Waals surface area (Å²) in [6.07, 6.45) is 0. The van der Waals surface area contributed by atoms with Crippen molar-refractivity contribution in [2.45, 2.75) is 0 Å². The Kier molecular flexibility index (Phi) is 8.76. The summed E-state index contributed by atoms with van der Waals surface area (Å²) < 4.78 is 8.34. The van der Waals surface area contributed by atoms with Crippen LogP contribution in [0.1, 0.15) is 0 Å². The van der Waals surface area contributed by atoms with Gasteiger partial charge in [-0.1, -0.05) is 0 Å². The fourth-order valence-corrected chi connectivity index (χ4v) is 0. The number of hydrogen-bond donors (Lipinski definition) is 2. The molecule has 0 saturated carbocycles. The summed E-state index contributed by atoms with van der Waals surface area (Å²) in [7, 11) is 0. The molecular formula is C2H2O5Zr. The summed E-state index contributed by atoms with van der Waals surface area (Å²) in [4.78, 5) is 18.2. The Morgan fingerprint density at radius 1 is 1.00 bits per heavy atom. The quantitative estimate of drug-likeness (QED) is 0.488. The molecule has 0 aromatic heterocycles. The number of rotatable bonds is 0. The maximum absolute atomic E-state index is 9.10. The number of carboxylic acids is 2. The molecule has 44 valence electrons. The van der Waals surface area contributed by atoms with Crippen LogP contribution < -0.4 is 0 Å². The second kappa shape index (κ2) is 6.62. The van der Waals surface area contributed by atoms with Crippen LogP contribution in [-0.2, 0) is 37.1 Å². The molecule has 0 aliphatic carbocycles. The van der Waals surface area contributed by atoms with E-state index in [1.807, 2.05) is 0 Å². The predicted molar refractivity (Wildman–Crippen MR) is 16.0 cm³/mol. The third kappa shape index (κ3) is 9.16. The predicted octanol–water partition coefficient (Wildman–Crippen LogP) is -0.966. The van der Waals surface area contributed by atoms with Gasteiger partial charge in [0, 0.05) is 0 Å². The Balaban J connectivity index is 0. The minimum absolute atomic E-state index is 0.300. The summed E-state index contributed by atoms with van der Waals surface area (Å²) in [5.74, 6) is -3.65. The first-order chi connectivity index (χ1) is 3.64. The molecule has 0 aliphatic rings. The molecule has 0 unspecified atom stereocenters. The molecule has 0 amide bonds. The molecule has 0 aliphatic heterocycles. The van der Waals surface area contributed by atoms with Gasteiger partial charge in [-0.25, -0.2) is 9.59 Å². The molecular weight excluding hydrogens is 195 g/mol. The van der Waals surface area contributed by atoms with Gasteiger partial charge in [-0.05, 0) is 0 Å². The minimum atomic E-state index is -1.82. The average Bonchev–Trinajstić information content (AvgIpc) is 1.72. The summed E-state index contributed by atoms with van der Waals surface area (Å²) in [5.41, 5.74) is 0. The number of hydrogen-bond acceptors (Lipinski definition) is 3. The summed E-state index contributed by atoms with van der Waals surface area (Å²) in [6.45, 7) is 0. The Labute approximate surface area is 59.6 Å². The van der Waals surface area contributed by atoms with Gasteiger partial charge in [0.2, 0.25) is 0 Å². The molecule has 0 rings (SSSR count). The maximum atomic E-state index is 9.10. The van der Waals surface area contributed by atoms with Crippen molar-refractivity contribution >= 4 is 11.9 Å². The van der Waals surface area contributed by atoms with Crippen molar-refractivity contribution in [3.63, 3.8) is 0 Å². The average molecular weight is 197 g/mol. The van der Waals surface area contributed by atoms with Crippen molar-refractivity contribution in [2.75, 3.05) is 0 Å². The molecule has 0 aromatic rings. The van der Waals surface area contributed by atoms with Crippen LogP contribution in [0.4, 0.5) is 0 Å². The van der Waals surface area contributed by atoms with Crippen molar-refractivity contribution in [3.05, 3.63) is 0 Å². The summed E-state index contributed by atoms with van der Waals surface area (Å²) in [5, 5.41) is 14.8. The van der Waals surface area contributed by atoms with Crippen LogP contribution in [0.2, 0.25) is 0 Å². The van der Waals surface area contributed by atoms with Gasteiger partial charge in [0.05, 0.1) is 0 Å². The van der Waals surface area contributed by atoms with Crippen molar-refractivity contribution < 1.29 is 47.3 Å². The Morgan fingerprint density at radius 2 is 1.12 bits per heavy atom. The third-order valence-electron chi connectivity index (χ3n) is 0.183. The molecule has 0 radical (unpaired) electrons. The first-order valence-corrected chi connectivity index (χ1v) is 2.31. The topological polar surface area (TPSA) is 91.7 Å². The zero-order chi connectivity index (χ0) is 7.15. The molecule has 6 heteroatoms. The van der Waals surface area contributed by atoms with E-state index in [1.165, 1.54) is 0 Å². The molecule has 0 bridgehead atoms. The van der Waals surface area contributed by atoms with E-state index in [0.717, 1.165) is 0 Å². The van der Waals surface area contributed by atoms with E-state index in [9.17, 15) is 0 Å². The molecule has 0 saturated heterocycles. The van der Waals surface area contributed by atoms with Crippen molar-refractivity contribution in [1.29, 1.82) is 0 Å². The van der Waals surface area contributed by atoms with Crippen LogP contribution in [0.15, 0.2) is 0 Å². The molecule has 0 spiro atoms. The van der Waals surface area contributed by atoms with Gasteiger partial charge in [-0.15, -0.1) is 0 Å². The fourth-order valence-electron chi connectivity index (χ4n) is 0. The van der Waals surface area contributed by atoms with Crippen LogP contribution in [-0.4, -0.2) is 22.2 Å². The fraction of sp³-hybridized carbons (Fsp3) is 0. The van der Waals surface area contributed by atoms with Crippen LogP contribution in [0, 0.1) is 0 Å². The van der Waals surface area contributed by atoms with Gasteiger partial charge in [0.1, 0.15) is 0 Å². The Hall–Kier alpha value is -0.377. The Bertz CT molecular complexity index is 86.6. The molecule has 0 atom stereocenters. The third-order valence-corrected chi connectivity index (χ3v) is 0.183. The van der Waals surface area contributed by atoms with Gasteiger partial charge in [0.25, 0.3) is 0 Å². The van der Waals surface area contributed by atoms with Gasteiger partial charge in [-0.2, -0.15) is 0 Å². The number of aliphatic carboxylic acids is 2. The van der Waals surface area contributed by atoms with E-state index in [1.54, 1.807) is 0 Å². The summed E-state index contributed by atoms with van der Waals surface area (Å²) >= 11 is 0.300. The van der Waals surface area contributed by atoms with Crippen LogP contribution in [0.5, 0.6) is 0 Å². The van der Waals surface area contributed by atoms with E-state index in [4.69, 9.17) is 22.6 Å². The van der Waals surface area contributed by atoms with E-state index in [2.05, 4.69) is 0 Å². The normalized spacial score (nSPS) is 5.88. The SMILES string of the molecule is O=C(O)C(=O)O.[O]=[Zr]. The second-order valence-corrected chi connectivity index (χ2v) is 0.610. The summed E-state index contributed by atoms with van der Waals surface area (Å²) in [6, 6.07) is 0. The monoisotopic (exact) mass is 196 g/mol. The van der Waals surface area contributed by atoms with Crippen LogP contribution in [0.25, 0.3) is 0 Å². The first-order valence-electron chi connectivity index (χ1n) is 1.31. The number of carboxylic acid groups (broad SMARTS) is 2. The molecule has 0 aromatic carbocycles. The second-order valence-electron chi connectivity index (χ2n) is 0.610. The van der Waals surface area contributed by atoms with Crippen molar-refractivity contribution in [2.24, 2.45) is 0 Å². The van der Waals surface area contributed by atoms with Crippen LogP contribution in [0.3, 0.4) is 0 Å².